The lowest BCUT2D eigenvalue weighted by molar-refractivity contribution is 0.418. The lowest BCUT2D eigenvalue weighted by Gasteiger charge is -2.48. The van der Waals surface area contributed by atoms with Crippen molar-refractivity contribution < 1.29 is 4.74 Å². The number of ether oxygens (including phenoxy) is 1. The second kappa shape index (κ2) is 19.6. The number of hydrogen-bond donors (Lipinski definition) is 0. The number of rotatable bonds is 3. The minimum absolute atomic E-state index is 0.281. The number of nitrogens with zero attached hydrogens (tertiary/aromatic N) is 3. The Bertz CT molecular complexity index is 5940. The fourth-order valence-corrected chi connectivity index (χ4v) is 20.5. The van der Waals surface area contributed by atoms with E-state index in [2.05, 4.69) is 360 Å². The van der Waals surface area contributed by atoms with Gasteiger partial charge in [0.1, 0.15) is 11.5 Å². The van der Waals surface area contributed by atoms with Crippen molar-refractivity contribution in [3.8, 4) is 56.0 Å². The minimum Gasteiger partial charge on any atom is -0.457 e. The van der Waals surface area contributed by atoms with Crippen LogP contribution in [0.5, 0.6) is 11.5 Å². The molecule has 4 aliphatic carbocycles. The monoisotopic (exact) mass is 1290 g/mol. The van der Waals surface area contributed by atoms with Crippen LogP contribution in [0, 0.1) is 0 Å². The number of benzene rings is 14. The smallest absolute Gasteiger partial charge is 0.252 e. The molecular weight excluding hydrogens is 1220 g/mol. The van der Waals surface area contributed by atoms with Crippen molar-refractivity contribution in [2.24, 2.45) is 0 Å². The molecule has 8 aliphatic rings. The van der Waals surface area contributed by atoms with E-state index in [1.54, 1.807) is 0 Å². The third kappa shape index (κ3) is 7.02. The molecule has 2 spiro atoms. The van der Waals surface area contributed by atoms with E-state index in [0.717, 1.165) is 39.8 Å². The van der Waals surface area contributed by atoms with Gasteiger partial charge in [-0.05, 0) is 189 Å². The van der Waals surface area contributed by atoms with Crippen molar-refractivity contribution in [1.29, 1.82) is 0 Å². The number of hydrogen-bond acceptors (Lipinski definition) is 4. The molecule has 478 valence electrons. The Morgan fingerprint density at radius 3 is 1.17 bits per heavy atom. The van der Waals surface area contributed by atoms with Crippen LogP contribution in [0.25, 0.3) is 44.5 Å². The van der Waals surface area contributed by atoms with Crippen LogP contribution in [0.1, 0.15) is 121 Å². The highest BCUT2D eigenvalue weighted by Gasteiger charge is 2.57. The van der Waals surface area contributed by atoms with Crippen molar-refractivity contribution in [3.63, 3.8) is 0 Å². The first-order valence-corrected chi connectivity index (χ1v) is 36.0. The zero-order valence-corrected chi connectivity index (χ0v) is 57.6. The fraction of sp³-hybridized carbons (Fsp3) is 0.125. The summed E-state index contributed by atoms with van der Waals surface area (Å²) in [7, 11) is 0. The van der Waals surface area contributed by atoms with E-state index in [0.29, 0.717) is 0 Å². The number of fused-ring (bicyclic) bond motifs is 28. The average Bonchev–Trinajstić information content (AvgIpc) is 1.57. The van der Waals surface area contributed by atoms with Gasteiger partial charge < -0.3 is 19.4 Å². The molecule has 0 bridgehead atoms. The maximum atomic E-state index is 7.42. The molecule has 0 N–H and O–H groups in total. The Morgan fingerprint density at radius 1 is 0.277 bits per heavy atom. The van der Waals surface area contributed by atoms with Gasteiger partial charge >= 0.3 is 0 Å². The van der Waals surface area contributed by atoms with Crippen LogP contribution in [-0.2, 0) is 27.1 Å². The van der Waals surface area contributed by atoms with Gasteiger partial charge in [0.2, 0.25) is 0 Å². The van der Waals surface area contributed by atoms with Crippen molar-refractivity contribution >= 4 is 74.3 Å². The van der Waals surface area contributed by atoms with Crippen molar-refractivity contribution in [1.82, 2.24) is 0 Å². The second-order valence-corrected chi connectivity index (χ2v) is 31.3. The quantitative estimate of drug-likeness (QED) is 0.164. The summed E-state index contributed by atoms with van der Waals surface area (Å²) >= 11 is 0. The molecule has 0 saturated carbocycles. The molecule has 0 radical (unpaired) electrons. The van der Waals surface area contributed by atoms with E-state index >= 15 is 0 Å². The van der Waals surface area contributed by atoms with Gasteiger partial charge in [0.15, 0.2) is 0 Å². The number of para-hydroxylation sites is 3. The van der Waals surface area contributed by atoms with Crippen molar-refractivity contribution in [2.45, 2.75) is 75.5 Å². The molecule has 0 fully saturated rings. The topological polar surface area (TPSA) is 19.0 Å². The summed E-state index contributed by atoms with van der Waals surface area (Å²) in [5.41, 5.74) is 38.9. The third-order valence-corrected chi connectivity index (χ3v) is 24.8. The molecule has 5 heteroatoms. The minimum atomic E-state index is -0.566. The van der Waals surface area contributed by atoms with Gasteiger partial charge in [-0.1, -0.05) is 273 Å². The molecule has 0 unspecified atom stereocenters. The Kier molecular flexibility index (Phi) is 11.1. The molecule has 4 heterocycles. The molecule has 0 saturated heterocycles. The van der Waals surface area contributed by atoms with Crippen LogP contribution in [0.2, 0.25) is 0 Å². The molecule has 22 rings (SSSR count). The zero-order chi connectivity index (χ0) is 67.4. The summed E-state index contributed by atoms with van der Waals surface area (Å²) < 4.78 is 7.42. The highest BCUT2D eigenvalue weighted by Crippen LogP contribution is 2.68. The van der Waals surface area contributed by atoms with E-state index in [4.69, 9.17) is 4.74 Å². The summed E-state index contributed by atoms with van der Waals surface area (Å²) in [5.74, 6) is 1.80. The lowest BCUT2D eigenvalue weighted by Crippen LogP contribution is -2.62. The van der Waals surface area contributed by atoms with Gasteiger partial charge in [-0.15, -0.1) is 0 Å². The molecule has 4 nitrogen and oxygen atoms in total. The van der Waals surface area contributed by atoms with Gasteiger partial charge in [-0.25, -0.2) is 0 Å². The lowest BCUT2D eigenvalue weighted by atomic mass is 9.33. The standard InChI is InChI=1S/C96H70BN3O/c1-92(2,3)57-51-85-91-86(52-57)100(81-49-28-46-74-90(81)64-36-16-22-42-70(64)96(74)67-39-19-13-33-61(67)62-34-14-20-40-68(62)96)84-54-76-88(101-87-50-26-24-44-72(87)94(76,6)7)56-78(84)97(91)77-55-82-75(93(4,5)71-43-23-25-47-79(71)98(82)58-29-9-8-10-30-58)53-83(77)99(85)80-48-27-45-73-89(80)63-35-15-21-41-69(63)95(73)65-37-17-11-31-59(65)60-32-12-18-38-66(60)95/h8-56H,1-7H3. The SMILES string of the molecule is CC(C)(C)c1cc2c3c(c1)N(c1cccc4c1-c1ccccc1C41c4ccccc4-c4ccccc41)c1cc4c(cc1B3c1cc3c(cc1N2c1cccc2c1-c1ccccc1C21c2ccccc2-c2ccccc21)C(C)(C)c1ccccc1O3)N(c1ccccc1)c1ccccc1C4(C)C. The van der Waals surface area contributed by atoms with Crippen LogP contribution >= 0.6 is 0 Å². The molecule has 0 aromatic heterocycles. The largest absolute Gasteiger partial charge is 0.457 e. The summed E-state index contributed by atoms with van der Waals surface area (Å²) in [6.07, 6.45) is 0. The maximum absolute atomic E-state index is 7.42. The summed E-state index contributed by atoms with van der Waals surface area (Å²) in [6.45, 7) is 16.6. The highest BCUT2D eigenvalue weighted by molar-refractivity contribution is 7.00. The van der Waals surface area contributed by atoms with Gasteiger partial charge in [-0.3, -0.25) is 0 Å². The van der Waals surface area contributed by atoms with E-state index in [-0.39, 0.29) is 12.1 Å². The van der Waals surface area contributed by atoms with Crippen LogP contribution < -0.4 is 35.8 Å². The molecule has 0 amide bonds. The zero-order valence-electron chi connectivity index (χ0n) is 57.6. The summed E-state index contributed by atoms with van der Waals surface area (Å²) in [4.78, 5) is 8.05. The first-order chi connectivity index (χ1) is 49.3. The molecule has 14 aromatic carbocycles. The predicted octanol–water partition coefficient (Wildman–Crippen LogP) is 22.3. The second-order valence-electron chi connectivity index (χ2n) is 31.3. The molecular formula is C96H70BN3O. The van der Waals surface area contributed by atoms with Gasteiger partial charge in [-0.2, -0.15) is 0 Å². The van der Waals surface area contributed by atoms with E-state index in [1.807, 2.05) is 0 Å². The first-order valence-electron chi connectivity index (χ1n) is 36.0. The Morgan fingerprint density at radius 2 is 0.663 bits per heavy atom. The van der Waals surface area contributed by atoms with Crippen LogP contribution in [-0.4, -0.2) is 6.71 Å². The molecule has 101 heavy (non-hydrogen) atoms. The Hall–Kier alpha value is -11.7. The average molecular weight is 1290 g/mol. The third-order valence-electron chi connectivity index (χ3n) is 24.8. The number of anilines is 9. The van der Waals surface area contributed by atoms with Crippen molar-refractivity contribution in [2.75, 3.05) is 14.7 Å². The fourth-order valence-electron chi connectivity index (χ4n) is 20.5. The van der Waals surface area contributed by atoms with Crippen molar-refractivity contribution in [3.05, 3.63) is 370 Å². The van der Waals surface area contributed by atoms with Gasteiger partial charge in [0.25, 0.3) is 6.71 Å². The molecule has 4 aliphatic heterocycles. The summed E-state index contributed by atoms with van der Waals surface area (Å²) in [6, 6.07) is 115. The van der Waals surface area contributed by atoms with E-state index in [9.17, 15) is 0 Å². The maximum Gasteiger partial charge on any atom is 0.252 e. The predicted molar refractivity (Wildman–Crippen MR) is 417 cm³/mol. The Labute approximate surface area is 591 Å². The molecule has 0 atom stereocenters. The van der Waals surface area contributed by atoms with Crippen LogP contribution in [0.4, 0.5) is 51.2 Å². The van der Waals surface area contributed by atoms with Crippen LogP contribution in [0.15, 0.2) is 297 Å². The van der Waals surface area contributed by atoms with Gasteiger partial charge in [0.05, 0.1) is 27.9 Å². The van der Waals surface area contributed by atoms with Gasteiger partial charge in [0, 0.05) is 67.2 Å². The molecule has 14 aromatic rings. The van der Waals surface area contributed by atoms with E-state index < -0.39 is 21.7 Å². The van der Waals surface area contributed by atoms with Crippen LogP contribution in [0.3, 0.4) is 0 Å². The summed E-state index contributed by atoms with van der Waals surface area (Å²) in [5, 5.41) is 0. The first kappa shape index (κ1) is 57.3. The highest BCUT2D eigenvalue weighted by atomic mass is 16.5. The normalized spacial score (nSPS) is 16.2. The Balaban J connectivity index is 0.900. The van der Waals surface area contributed by atoms with E-state index in [1.165, 1.54) is 156 Å².